The summed E-state index contributed by atoms with van der Waals surface area (Å²) in [7, 11) is 2.02. The number of halogens is 1. The van der Waals surface area contributed by atoms with Crippen LogP contribution < -0.4 is 5.32 Å². The van der Waals surface area contributed by atoms with E-state index in [0.29, 0.717) is 5.02 Å². The van der Waals surface area contributed by atoms with E-state index in [1.54, 1.807) is 0 Å². The lowest BCUT2D eigenvalue weighted by atomic mass is 10.0. The highest BCUT2D eigenvalue weighted by Gasteiger charge is 2.23. The molecule has 17 heavy (non-hydrogen) atoms. The number of aryl methyl sites for hydroxylation is 1. The number of nitrogens with zero attached hydrogens (tertiary/aromatic N) is 2. The molecule has 3 heterocycles. The maximum atomic E-state index is 6.38. The van der Waals surface area contributed by atoms with E-state index in [0.717, 1.165) is 35.3 Å². The van der Waals surface area contributed by atoms with Gasteiger partial charge in [0.25, 0.3) is 0 Å². The summed E-state index contributed by atoms with van der Waals surface area (Å²) < 4.78 is 7.57. The summed E-state index contributed by atoms with van der Waals surface area (Å²) in [5, 5.41) is 5.20. The molecule has 0 aliphatic carbocycles. The Labute approximate surface area is 102 Å². The van der Waals surface area contributed by atoms with Crippen molar-refractivity contribution in [2.75, 3.05) is 11.9 Å². The van der Waals surface area contributed by atoms with Crippen molar-refractivity contribution in [1.29, 1.82) is 0 Å². The number of aromatic nitrogens is 2. The fourth-order valence-electron chi connectivity index (χ4n) is 2.72. The topological polar surface area (TPSA) is 43.0 Å². The highest BCUT2D eigenvalue weighted by atomic mass is 35.5. The molecule has 1 aliphatic rings. The molecule has 0 fully saturated rings. The number of rotatable bonds is 0. The van der Waals surface area contributed by atoms with Gasteiger partial charge in [-0.2, -0.15) is 0 Å². The first-order chi connectivity index (χ1) is 8.27. The van der Waals surface area contributed by atoms with Gasteiger partial charge in [-0.3, -0.25) is 0 Å². The molecule has 4 rings (SSSR count). The lowest BCUT2D eigenvalue weighted by Gasteiger charge is -2.16. The lowest BCUT2D eigenvalue weighted by molar-refractivity contribution is 0.603. The van der Waals surface area contributed by atoms with Crippen molar-refractivity contribution in [1.82, 2.24) is 9.55 Å². The van der Waals surface area contributed by atoms with Gasteiger partial charge in [0.05, 0.1) is 16.2 Å². The van der Waals surface area contributed by atoms with Crippen LogP contribution >= 0.6 is 11.6 Å². The van der Waals surface area contributed by atoms with Gasteiger partial charge in [-0.15, -0.1) is 0 Å². The summed E-state index contributed by atoms with van der Waals surface area (Å²) in [4.78, 5) is 4.20. The number of anilines is 1. The van der Waals surface area contributed by atoms with E-state index in [9.17, 15) is 0 Å². The van der Waals surface area contributed by atoms with Gasteiger partial charge in [0.1, 0.15) is 5.52 Å². The Bertz CT molecular complexity index is 756. The Morgan fingerprint density at radius 2 is 2.41 bits per heavy atom. The third-order valence-electron chi connectivity index (χ3n) is 3.42. The zero-order chi connectivity index (χ0) is 11.6. The van der Waals surface area contributed by atoms with Gasteiger partial charge < -0.3 is 14.3 Å². The Morgan fingerprint density at radius 3 is 3.29 bits per heavy atom. The van der Waals surface area contributed by atoms with E-state index in [1.165, 1.54) is 17.3 Å². The van der Waals surface area contributed by atoms with E-state index < -0.39 is 0 Å². The van der Waals surface area contributed by atoms with Gasteiger partial charge in [-0.25, -0.2) is 4.98 Å². The first-order valence-corrected chi connectivity index (χ1v) is 5.91. The van der Waals surface area contributed by atoms with Crippen LogP contribution in [0.2, 0.25) is 5.02 Å². The van der Waals surface area contributed by atoms with Crippen LogP contribution in [-0.4, -0.2) is 16.1 Å². The molecule has 0 saturated heterocycles. The van der Waals surface area contributed by atoms with Crippen molar-refractivity contribution < 1.29 is 4.42 Å². The fraction of sp³-hybridized carbons (Fsp3) is 0.250. The summed E-state index contributed by atoms with van der Waals surface area (Å²) in [6, 6.07) is 0. The molecule has 4 nitrogen and oxygen atoms in total. The largest absolute Gasteiger partial charge is 0.441 e. The molecule has 0 saturated carbocycles. The minimum Gasteiger partial charge on any atom is -0.441 e. The molecule has 0 radical (unpaired) electrons. The number of benzene rings is 1. The summed E-state index contributed by atoms with van der Waals surface area (Å²) in [5.74, 6) is 0. The van der Waals surface area contributed by atoms with Crippen molar-refractivity contribution in [3.8, 4) is 0 Å². The molecule has 86 valence electrons. The lowest BCUT2D eigenvalue weighted by Crippen LogP contribution is -2.10. The Balaban J connectivity index is 2.38. The predicted octanol–water partition coefficient (Wildman–Crippen LogP) is 2.94. The van der Waals surface area contributed by atoms with Gasteiger partial charge in [0.15, 0.2) is 12.0 Å². The number of hydrogen-bond donors (Lipinski definition) is 1. The highest BCUT2D eigenvalue weighted by molar-refractivity contribution is 6.40. The monoisotopic (exact) mass is 247 g/mol. The molecule has 1 aliphatic heterocycles. The number of nitrogens with one attached hydrogen (secondary N) is 1. The van der Waals surface area contributed by atoms with Crippen LogP contribution in [0.25, 0.3) is 22.0 Å². The Hall–Kier alpha value is -1.68. The van der Waals surface area contributed by atoms with Crippen LogP contribution in [-0.2, 0) is 13.5 Å². The maximum Gasteiger partial charge on any atom is 0.182 e. The Kier molecular flexibility index (Phi) is 1.63. The predicted molar refractivity (Wildman–Crippen MR) is 67.7 cm³/mol. The van der Waals surface area contributed by atoms with Crippen molar-refractivity contribution in [2.45, 2.75) is 6.42 Å². The fourth-order valence-corrected chi connectivity index (χ4v) is 3.02. The van der Waals surface area contributed by atoms with Gasteiger partial charge in [-0.1, -0.05) is 11.6 Å². The van der Waals surface area contributed by atoms with Crippen LogP contribution in [0.3, 0.4) is 0 Å². The van der Waals surface area contributed by atoms with Crippen LogP contribution in [0.4, 0.5) is 5.69 Å². The molecule has 1 N–H and O–H groups in total. The van der Waals surface area contributed by atoms with Crippen LogP contribution in [0.15, 0.2) is 17.0 Å². The third-order valence-corrected chi connectivity index (χ3v) is 3.78. The van der Waals surface area contributed by atoms with Crippen molar-refractivity contribution in [3.63, 3.8) is 0 Å². The summed E-state index contributed by atoms with van der Waals surface area (Å²) in [5.41, 5.74) is 4.88. The van der Waals surface area contributed by atoms with Gasteiger partial charge >= 0.3 is 0 Å². The van der Waals surface area contributed by atoms with Crippen molar-refractivity contribution >= 4 is 39.3 Å². The van der Waals surface area contributed by atoms with E-state index in [2.05, 4.69) is 21.1 Å². The normalized spacial score (nSPS) is 14.5. The second-order valence-corrected chi connectivity index (χ2v) is 4.76. The summed E-state index contributed by atoms with van der Waals surface area (Å²) in [6.07, 6.45) is 4.61. The van der Waals surface area contributed by atoms with Crippen molar-refractivity contribution in [2.24, 2.45) is 7.05 Å². The second kappa shape index (κ2) is 2.96. The number of oxazole rings is 1. The molecule has 1 aromatic carbocycles. The molecule has 0 bridgehead atoms. The highest BCUT2D eigenvalue weighted by Crippen LogP contribution is 2.42. The van der Waals surface area contributed by atoms with E-state index in [4.69, 9.17) is 16.0 Å². The van der Waals surface area contributed by atoms with Gasteiger partial charge in [-0.05, 0) is 12.0 Å². The average Bonchev–Trinajstić information content (AvgIpc) is 2.89. The quantitative estimate of drug-likeness (QED) is 0.664. The maximum absolute atomic E-state index is 6.38. The molecule has 0 unspecified atom stereocenters. The van der Waals surface area contributed by atoms with Crippen LogP contribution in [0, 0.1) is 0 Å². The van der Waals surface area contributed by atoms with Gasteiger partial charge in [0, 0.05) is 25.2 Å². The van der Waals surface area contributed by atoms with E-state index >= 15 is 0 Å². The minimum atomic E-state index is 0.661. The molecule has 3 aromatic rings. The number of hydrogen-bond acceptors (Lipinski definition) is 3. The third kappa shape index (κ3) is 1.01. The van der Waals surface area contributed by atoms with E-state index in [1.807, 2.05) is 7.05 Å². The van der Waals surface area contributed by atoms with E-state index in [-0.39, 0.29) is 0 Å². The molecule has 5 heteroatoms. The summed E-state index contributed by atoms with van der Waals surface area (Å²) in [6.45, 7) is 0.912. The standard InChI is InChI=1S/C12H10ClN3O/c1-16-4-6-2-3-14-9-7(6)11(16)12-10(8(9)13)15-5-17-12/h4-5,14H,2-3H2,1H3. The zero-order valence-electron chi connectivity index (χ0n) is 9.25. The van der Waals surface area contributed by atoms with Crippen molar-refractivity contribution in [3.05, 3.63) is 23.2 Å². The molecular weight excluding hydrogens is 238 g/mol. The van der Waals surface area contributed by atoms with Crippen LogP contribution in [0.1, 0.15) is 5.56 Å². The molecule has 0 atom stereocenters. The first-order valence-electron chi connectivity index (χ1n) is 5.54. The minimum absolute atomic E-state index is 0.661. The average molecular weight is 248 g/mol. The molecule has 2 aromatic heterocycles. The molecular formula is C12H10ClN3O. The SMILES string of the molecule is Cn1cc2c3c(c(Cl)c4ncoc4c31)NCC2. The second-order valence-electron chi connectivity index (χ2n) is 4.38. The Morgan fingerprint density at radius 1 is 1.53 bits per heavy atom. The smallest absolute Gasteiger partial charge is 0.182 e. The molecule has 0 amide bonds. The first kappa shape index (κ1) is 9.36. The van der Waals surface area contributed by atoms with Crippen LogP contribution in [0.5, 0.6) is 0 Å². The summed E-state index contributed by atoms with van der Waals surface area (Å²) >= 11 is 6.38. The zero-order valence-corrected chi connectivity index (χ0v) is 10.0. The number of fused-ring (bicyclic) bond motifs is 2. The van der Waals surface area contributed by atoms with Gasteiger partial charge in [0.2, 0.25) is 0 Å². The molecule has 0 spiro atoms.